The fourth-order valence-electron chi connectivity index (χ4n) is 2.94. The van der Waals surface area contributed by atoms with E-state index < -0.39 is 0 Å². The van der Waals surface area contributed by atoms with Gasteiger partial charge in [-0.2, -0.15) is 0 Å². The molecule has 0 aliphatic carbocycles. The molecule has 3 nitrogen and oxygen atoms in total. The second-order valence-corrected chi connectivity index (χ2v) is 5.52. The molecule has 100 valence electrons. The van der Waals surface area contributed by atoms with Gasteiger partial charge in [-0.15, -0.1) is 0 Å². The molecule has 2 rings (SSSR count). The van der Waals surface area contributed by atoms with Gasteiger partial charge in [-0.1, -0.05) is 6.07 Å². The molecule has 1 aliphatic heterocycles. The Morgan fingerprint density at radius 3 is 2.44 bits per heavy atom. The zero-order valence-electron chi connectivity index (χ0n) is 11.7. The molecule has 1 aromatic rings. The number of nitrogens with two attached hydrogens (primary N) is 1. The summed E-state index contributed by atoms with van der Waals surface area (Å²) in [5, 5.41) is 0. The first kappa shape index (κ1) is 13.4. The van der Waals surface area contributed by atoms with Crippen LogP contribution in [0.5, 0.6) is 5.75 Å². The Kier molecular flexibility index (Phi) is 3.64. The molecular formula is C15H23NO2. The first-order chi connectivity index (χ1) is 8.50. The quantitative estimate of drug-likeness (QED) is 0.890. The smallest absolute Gasteiger partial charge is 0.122 e. The third-order valence-corrected chi connectivity index (χ3v) is 4.00. The lowest BCUT2D eigenvalue weighted by Gasteiger charge is -2.44. The average Bonchev–Trinajstić information content (AvgIpc) is 2.27. The Labute approximate surface area is 109 Å². The van der Waals surface area contributed by atoms with Gasteiger partial charge in [-0.05, 0) is 49.9 Å². The van der Waals surface area contributed by atoms with E-state index in [2.05, 4.69) is 32.9 Å². The van der Waals surface area contributed by atoms with Crippen LogP contribution in [0.15, 0.2) is 12.1 Å². The number of methoxy groups -OCH3 is 1. The van der Waals surface area contributed by atoms with Gasteiger partial charge >= 0.3 is 0 Å². The molecule has 0 amide bonds. The molecule has 1 fully saturated rings. The van der Waals surface area contributed by atoms with Gasteiger partial charge in [-0.25, -0.2) is 0 Å². The fraction of sp³-hybridized carbons (Fsp3) is 0.600. The van der Waals surface area contributed by atoms with E-state index >= 15 is 0 Å². The van der Waals surface area contributed by atoms with E-state index in [1.165, 1.54) is 16.7 Å². The molecule has 1 aliphatic rings. The molecule has 1 unspecified atom stereocenters. The molecule has 1 atom stereocenters. The van der Waals surface area contributed by atoms with E-state index in [0.29, 0.717) is 0 Å². The Morgan fingerprint density at radius 1 is 1.33 bits per heavy atom. The molecule has 1 heterocycles. The van der Waals surface area contributed by atoms with Gasteiger partial charge in [0, 0.05) is 11.5 Å². The zero-order chi connectivity index (χ0) is 13.3. The van der Waals surface area contributed by atoms with E-state index in [-0.39, 0.29) is 11.5 Å². The van der Waals surface area contributed by atoms with E-state index in [9.17, 15) is 0 Å². The summed E-state index contributed by atoms with van der Waals surface area (Å²) in [6.07, 6.45) is 0.972. The molecule has 18 heavy (non-hydrogen) atoms. The van der Waals surface area contributed by atoms with Crippen molar-refractivity contribution in [2.45, 2.75) is 38.6 Å². The van der Waals surface area contributed by atoms with Gasteiger partial charge in [0.15, 0.2) is 0 Å². The maximum atomic E-state index is 5.99. The summed E-state index contributed by atoms with van der Waals surface area (Å²) in [6.45, 7) is 7.89. The number of hydrogen-bond acceptors (Lipinski definition) is 3. The predicted molar refractivity (Wildman–Crippen MR) is 73.2 cm³/mol. The Bertz CT molecular complexity index is 436. The van der Waals surface area contributed by atoms with Crippen molar-refractivity contribution < 1.29 is 9.47 Å². The normalized spacial score (nSPS) is 19.2. The van der Waals surface area contributed by atoms with Crippen LogP contribution < -0.4 is 10.5 Å². The van der Waals surface area contributed by atoms with Crippen molar-refractivity contribution in [2.75, 3.05) is 20.3 Å². The average molecular weight is 249 g/mol. The minimum atomic E-state index is 0.106. The van der Waals surface area contributed by atoms with E-state index in [1.54, 1.807) is 7.11 Å². The van der Waals surface area contributed by atoms with E-state index in [0.717, 1.165) is 25.4 Å². The van der Waals surface area contributed by atoms with Crippen LogP contribution in [0.1, 0.15) is 30.0 Å². The summed E-state index contributed by atoms with van der Waals surface area (Å²) < 4.78 is 10.8. The molecule has 0 bridgehead atoms. The molecule has 0 aromatic heterocycles. The summed E-state index contributed by atoms with van der Waals surface area (Å²) in [6, 6.07) is 4.42. The van der Waals surface area contributed by atoms with Crippen molar-refractivity contribution in [3.63, 3.8) is 0 Å². The molecule has 2 N–H and O–H groups in total. The highest BCUT2D eigenvalue weighted by molar-refractivity contribution is 5.47. The molecule has 1 saturated heterocycles. The monoisotopic (exact) mass is 249 g/mol. The van der Waals surface area contributed by atoms with Gasteiger partial charge in [0.2, 0.25) is 0 Å². The van der Waals surface area contributed by atoms with Crippen molar-refractivity contribution in [1.82, 2.24) is 0 Å². The van der Waals surface area contributed by atoms with Crippen LogP contribution in [0.4, 0.5) is 0 Å². The topological polar surface area (TPSA) is 44.5 Å². The van der Waals surface area contributed by atoms with Crippen molar-refractivity contribution in [1.29, 1.82) is 0 Å². The lowest BCUT2D eigenvalue weighted by Crippen LogP contribution is -2.50. The second-order valence-electron chi connectivity index (χ2n) is 5.52. The molecule has 3 heteroatoms. The SMILES string of the molecule is COc1ccc(C2(CC(C)N)COC2)c(C)c1C. The van der Waals surface area contributed by atoms with Crippen molar-refractivity contribution in [3.8, 4) is 5.75 Å². The molecule has 1 aromatic carbocycles. The van der Waals surface area contributed by atoms with Crippen LogP contribution in [0, 0.1) is 13.8 Å². The van der Waals surface area contributed by atoms with Crippen LogP contribution in [0.2, 0.25) is 0 Å². The molecule has 0 saturated carbocycles. The van der Waals surface area contributed by atoms with E-state index in [1.807, 2.05) is 0 Å². The molecule has 0 spiro atoms. The van der Waals surface area contributed by atoms with Crippen molar-refractivity contribution in [2.24, 2.45) is 5.73 Å². The molecule has 0 radical (unpaired) electrons. The maximum absolute atomic E-state index is 5.99. The minimum absolute atomic E-state index is 0.106. The summed E-state index contributed by atoms with van der Waals surface area (Å²) in [5.41, 5.74) is 9.98. The Morgan fingerprint density at radius 2 is 2.00 bits per heavy atom. The largest absolute Gasteiger partial charge is 0.496 e. The fourth-order valence-corrected chi connectivity index (χ4v) is 2.94. The van der Waals surface area contributed by atoms with Crippen LogP contribution >= 0.6 is 0 Å². The Balaban J connectivity index is 2.41. The van der Waals surface area contributed by atoms with Crippen molar-refractivity contribution >= 4 is 0 Å². The highest BCUT2D eigenvalue weighted by Crippen LogP contribution is 2.40. The van der Waals surface area contributed by atoms with E-state index in [4.69, 9.17) is 15.2 Å². The van der Waals surface area contributed by atoms with Crippen LogP contribution in [0.3, 0.4) is 0 Å². The third-order valence-electron chi connectivity index (χ3n) is 4.00. The van der Waals surface area contributed by atoms with Gasteiger partial charge in [0.25, 0.3) is 0 Å². The first-order valence-corrected chi connectivity index (χ1v) is 6.48. The zero-order valence-corrected chi connectivity index (χ0v) is 11.7. The lowest BCUT2D eigenvalue weighted by molar-refractivity contribution is -0.0668. The summed E-state index contributed by atoms with van der Waals surface area (Å²) in [4.78, 5) is 0. The summed E-state index contributed by atoms with van der Waals surface area (Å²) >= 11 is 0. The van der Waals surface area contributed by atoms with Crippen LogP contribution in [-0.2, 0) is 10.2 Å². The molecular weight excluding hydrogens is 226 g/mol. The van der Waals surface area contributed by atoms with Crippen LogP contribution in [0.25, 0.3) is 0 Å². The standard InChI is InChI=1S/C15H23NO2/c1-10(16)7-15(8-18-9-15)13-5-6-14(17-4)12(3)11(13)2/h5-6,10H,7-9,16H2,1-4H3. The lowest BCUT2D eigenvalue weighted by atomic mass is 9.72. The maximum Gasteiger partial charge on any atom is 0.122 e. The third kappa shape index (κ3) is 2.13. The number of rotatable bonds is 4. The number of hydrogen-bond donors (Lipinski definition) is 1. The highest BCUT2D eigenvalue weighted by Gasteiger charge is 2.42. The minimum Gasteiger partial charge on any atom is -0.496 e. The first-order valence-electron chi connectivity index (χ1n) is 6.48. The second kappa shape index (κ2) is 4.90. The summed E-state index contributed by atoms with van der Waals surface area (Å²) in [5.74, 6) is 0.951. The van der Waals surface area contributed by atoms with Gasteiger partial charge in [0.05, 0.1) is 20.3 Å². The number of ether oxygens (including phenoxy) is 2. The van der Waals surface area contributed by atoms with Gasteiger partial charge in [0.1, 0.15) is 5.75 Å². The van der Waals surface area contributed by atoms with Gasteiger partial charge in [-0.3, -0.25) is 0 Å². The Hall–Kier alpha value is -1.06. The van der Waals surface area contributed by atoms with Crippen LogP contribution in [-0.4, -0.2) is 26.4 Å². The number of benzene rings is 1. The highest BCUT2D eigenvalue weighted by atomic mass is 16.5. The van der Waals surface area contributed by atoms with Crippen molar-refractivity contribution in [3.05, 3.63) is 28.8 Å². The summed E-state index contributed by atoms with van der Waals surface area (Å²) in [7, 11) is 1.71. The van der Waals surface area contributed by atoms with Gasteiger partial charge < -0.3 is 15.2 Å². The predicted octanol–water partition coefficient (Wildman–Crippen LogP) is 2.32.